The van der Waals surface area contributed by atoms with Crippen molar-refractivity contribution in [3.8, 4) is 0 Å². The lowest BCUT2D eigenvalue weighted by Crippen LogP contribution is -2.44. The lowest BCUT2D eigenvalue weighted by Gasteiger charge is -2.23. The monoisotopic (exact) mass is 242 g/mol. The van der Waals surface area contributed by atoms with Gasteiger partial charge in [0.05, 0.1) is 6.04 Å². The number of carbonyl (C=O) groups is 2. The van der Waals surface area contributed by atoms with Crippen molar-refractivity contribution < 1.29 is 14.7 Å². The first kappa shape index (κ1) is 14.0. The van der Waals surface area contributed by atoms with Gasteiger partial charge in [-0.25, -0.2) is 0 Å². The van der Waals surface area contributed by atoms with Crippen molar-refractivity contribution in [3.63, 3.8) is 0 Å². The summed E-state index contributed by atoms with van der Waals surface area (Å²) in [5.74, 6) is -0.712. The van der Waals surface area contributed by atoms with E-state index in [2.05, 4.69) is 5.32 Å². The molecule has 2 N–H and O–H groups in total. The lowest BCUT2D eigenvalue weighted by atomic mass is 10.1. The highest BCUT2D eigenvalue weighted by Crippen LogP contribution is 2.10. The Morgan fingerprint density at radius 3 is 2.82 bits per heavy atom. The molecule has 17 heavy (non-hydrogen) atoms. The van der Waals surface area contributed by atoms with Gasteiger partial charge < -0.3 is 15.3 Å². The molecule has 1 aliphatic rings. The third kappa shape index (κ3) is 5.17. The van der Waals surface area contributed by atoms with Gasteiger partial charge in [0.15, 0.2) is 0 Å². The highest BCUT2D eigenvalue weighted by atomic mass is 16.4. The van der Waals surface area contributed by atoms with Crippen LogP contribution in [0.3, 0.4) is 0 Å². The average Bonchev–Trinajstić information content (AvgIpc) is 2.55. The van der Waals surface area contributed by atoms with E-state index >= 15 is 0 Å². The summed E-state index contributed by atoms with van der Waals surface area (Å²) in [5.41, 5.74) is 0. The fourth-order valence-corrected chi connectivity index (χ4v) is 2.08. The van der Waals surface area contributed by atoms with Gasteiger partial charge >= 0.3 is 5.97 Å². The molecule has 1 amide bonds. The van der Waals surface area contributed by atoms with Crippen LogP contribution >= 0.6 is 0 Å². The zero-order chi connectivity index (χ0) is 12.7. The molecular weight excluding hydrogens is 220 g/mol. The van der Waals surface area contributed by atoms with Gasteiger partial charge in [-0.15, -0.1) is 0 Å². The number of carboxylic acids is 1. The number of nitrogens with one attached hydrogen (secondary N) is 1. The zero-order valence-electron chi connectivity index (χ0n) is 10.4. The van der Waals surface area contributed by atoms with Gasteiger partial charge in [0.25, 0.3) is 0 Å². The average molecular weight is 242 g/mol. The number of hydrogen-bond donors (Lipinski definition) is 2. The van der Waals surface area contributed by atoms with E-state index in [0.717, 1.165) is 25.8 Å². The summed E-state index contributed by atoms with van der Waals surface area (Å²) < 4.78 is 0. The van der Waals surface area contributed by atoms with Gasteiger partial charge in [-0.3, -0.25) is 9.59 Å². The summed E-state index contributed by atoms with van der Waals surface area (Å²) >= 11 is 0. The smallest absolute Gasteiger partial charge is 0.303 e. The third-order valence-corrected chi connectivity index (χ3v) is 3.12. The molecule has 0 aromatic rings. The Kier molecular flexibility index (Phi) is 5.97. The molecule has 1 atom stereocenters. The summed E-state index contributed by atoms with van der Waals surface area (Å²) in [6.45, 7) is 1.42. The Bertz CT molecular complexity index is 260. The maximum atomic E-state index is 12.0. The van der Waals surface area contributed by atoms with Crippen LogP contribution in [0, 0.1) is 0 Å². The number of hydrogen-bond acceptors (Lipinski definition) is 3. The normalized spacial score (nSPS) is 20.6. The second kappa shape index (κ2) is 7.27. The molecule has 0 radical (unpaired) electrons. The summed E-state index contributed by atoms with van der Waals surface area (Å²) in [6, 6.07) is -0.0765. The van der Waals surface area contributed by atoms with E-state index in [4.69, 9.17) is 5.11 Å². The second-order valence-electron chi connectivity index (χ2n) is 4.61. The first-order valence-corrected chi connectivity index (χ1v) is 6.31. The minimum atomic E-state index is -0.807. The molecule has 1 rings (SSSR count). The fraction of sp³-hybridized carbons (Fsp3) is 0.833. The molecule has 1 unspecified atom stereocenters. The van der Waals surface area contributed by atoms with E-state index in [0.29, 0.717) is 13.0 Å². The standard InChI is InChI=1S/C12H22N2O3/c1-14(9-5-7-11(15)16)12(17)10-6-3-2-4-8-13-10/h10,13H,2-9H2,1H3,(H,15,16). The van der Waals surface area contributed by atoms with Gasteiger partial charge in [0.2, 0.25) is 5.91 Å². The highest BCUT2D eigenvalue weighted by molar-refractivity contribution is 5.81. The largest absolute Gasteiger partial charge is 0.481 e. The van der Waals surface area contributed by atoms with E-state index in [-0.39, 0.29) is 18.4 Å². The topological polar surface area (TPSA) is 69.6 Å². The SMILES string of the molecule is CN(CCCC(=O)O)C(=O)C1CCCCCN1. The highest BCUT2D eigenvalue weighted by Gasteiger charge is 2.22. The van der Waals surface area contributed by atoms with Crippen LogP contribution in [0.25, 0.3) is 0 Å². The number of carboxylic acid groups (broad SMARTS) is 1. The van der Waals surface area contributed by atoms with Crippen LogP contribution in [0.15, 0.2) is 0 Å². The van der Waals surface area contributed by atoms with Crippen LogP contribution in [0.2, 0.25) is 0 Å². The van der Waals surface area contributed by atoms with Crippen molar-refractivity contribution in [1.82, 2.24) is 10.2 Å². The number of carbonyl (C=O) groups excluding carboxylic acids is 1. The van der Waals surface area contributed by atoms with Crippen LogP contribution in [-0.4, -0.2) is 48.1 Å². The molecule has 5 heteroatoms. The first-order chi connectivity index (χ1) is 8.11. The minimum Gasteiger partial charge on any atom is -0.481 e. The van der Waals surface area contributed by atoms with Gasteiger partial charge in [-0.1, -0.05) is 12.8 Å². The third-order valence-electron chi connectivity index (χ3n) is 3.12. The maximum absolute atomic E-state index is 12.0. The molecule has 0 aliphatic carbocycles. The molecule has 1 saturated heterocycles. The Balaban J connectivity index is 2.31. The quantitative estimate of drug-likeness (QED) is 0.749. The molecule has 1 fully saturated rings. The molecule has 1 aliphatic heterocycles. The molecule has 0 aromatic carbocycles. The Hall–Kier alpha value is -1.10. The number of nitrogens with zero attached hydrogens (tertiary/aromatic N) is 1. The van der Waals surface area contributed by atoms with Crippen LogP contribution in [0.4, 0.5) is 0 Å². The van der Waals surface area contributed by atoms with Crippen molar-refractivity contribution in [1.29, 1.82) is 0 Å². The van der Waals surface area contributed by atoms with E-state index < -0.39 is 5.97 Å². The van der Waals surface area contributed by atoms with Crippen molar-refractivity contribution in [2.75, 3.05) is 20.1 Å². The van der Waals surface area contributed by atoms with Crippen LogP contribution in [0.1, 0.15) is 38.5 Å². The Morgan fingerprint density at radius 1 is 1.35 bits per heavy atom. The van der Waals surface area contributed by atoms with Crippen LogP contribution in [0.5, 0.6) is 0 Å². The first-order valence-electron chi connectivity index (χ1n) is 6.31. The zero-order valence-corrected chi connectivity index (χ0v) is 10.4. The van der Waals surface area contributed by atoms with E-state index in [1.165, 1.54) is 6.42 Å². The summed E-state index contributed by atoms with van der Waals surface area (Å²) in [7, 11) is 1.75. The lowest BCUT2D eigenvalue weighted by molar-refractivity contribution is -0.138. The van der Waals surface area contributed by atoms with Gasteiger partial charge in [0.1, 0.15) is 0 Å². The van der Waals surface area contributed by atoms with Gasteiger partial charge in [0, 0.05) is 20.0 Å². The number of likely N-dealkylation sites (N-methyl/N-ethyl adjacent to an activating group) is 1. The Labute approximate surface area is 102 Å². The van der Waals surface area contributed by atoms with E-state index in [9.17, 15) is 9.59 Å². The Morgan fingerprint density at radius 2 is 2.12 bits per heavy atom. The van der Waals surface area contributed by atoms with E-state index in [1.54, 1.807) is 11.9 Å². The van der Waals surface area contributed by atoms with Gasteiger partial charge in [-0.05, 0) is 25.8 Å². The fourth-order valence-electron chi connectivity index (χ4n) is 2.08. The van der Waals surface area contributed by atoms with Crippen molar-refractivity contribution >= 4 is 11.9 Å². The second-order valence-corrected chi connectivity index (χ2v) is 4.61. The molecule has 0 saturated carbocycles. The predicted octanol–water partition coefficient (Wildman–Crippen LogP) is 0.842. The molecule has 0 spiro atoms. The summed E-state index contributed by atoms with van der Waals surface area (Å²) in [4.78, 5) is 24.1. The van der Waals surface area contributed by atoms with Crippen LogP contribution < -0.4 is 5.32 Å². The van der Waals surface area contributed by atoms with E-state index in [1.807, 2.05) is 0 Å². The maximum Gasteiger partial charge on any atom is 0.303 e. The summed E-state index contributed by atoms with van der Waals surface area (Å²) in [6.07, 6.45) is 4.93. The summed E-state index contributed by atoms with van der Waals surface area (Å²) in [5, 5.41) is 11.8. The number of rotatable bonds is 5. The molecule has 5 nitrogen and oxygen atoms in total. The molecule has 1 heterocycles. The predicted molar refractivity (Wildman–Crippen MR) is 64.8 cm³/mol. The molecule has 98 valence electrons. The minimum absolute atomic E-state index is 0.0765. The van der Waals surface area contributed by atoms with Crippen molar-refractivity contribution in [2.24, 2.45) is 0 Å². The van der Waals surface area contributed by atoms with Crippen molar-refractivity contribution in [2.45, 2.75) is 44.6 Å². The number of aliphatic carboxylic acids is 1. The molecule has 0 aromatic heterocycles. The molecule has 0 bridgehead atoms. The number of amides is 1. The van der Waals surface area contributed by atoms with Crippen LogP contribution in [-0.2, 0) is 9.59 Å². The van der Waals surface area contributed by atoms with Gasteiger partial charge in [-0.2, -0.15) is 0 Å². The molecular formula is C12H22N2O3. The van der Waals surface area contributed by atoms with Crippen molar-refractivity contribution in [3.05, 3.63) is 0 Å².